The molecule has 5 heteroatoms. The van der Waals surface area contributed by atoms with E-state index in [2.05, 4.69) is 29.5 Å². The van der Waals surface area contributed by atoms with Gasteiger partial charge in [-0.05, 0) is 54.4 Å². The smallest absolute Gasteiger partial charge is 0.134 e. The molecular formula is C21H15ClFN3. The first-order chi connectivity index (χ1) is 12.6. The minimum Gasteiger partial charge on any atom is -0.354 e. The molecule has 0 aliphatic carbocycles. The molecule has 0 spiro atoms. The number of aromatic amines is 1. The second-order valence-corrected chi connectivity index (χ2v) is 6.18. The maximum Gasteiger partial charge on any atom is 0.134 e. The lowest BCUT2D eigenvalue weighted by atomic mass is 10.0. The Balaban J connectivity index is 0.000000948. The monoisotopic (exact) mass is 363 g/mol. The number of benzene rings is 2. The summed E-state index contributed by atoms with van der Waals surface area (Å²) in [6, 6.07) is 14.7. The Morgan fingerprint density at radius 2 is 1.92 bits per heavy atom. The molecule has 0 radical (unpaired) electrons. The van der Waals surface area contributed by atoms with Crippen molar-refractivity contribution in [2.45, 2.75) is 6.92 Å². The molecule has 128 valence electrons. The average molecular weight is 364 g/mol. The first-order valence-corrected chi connectivity index (χ1v) is 8.25. The van der Waals surface area contributed by atoms with E-state index in [0.717, 1.165) is 27.6 Å². The highest BCUT2D eigenvalue weighted by Crippen LogP contribution is 2.33. The zero-order valence-electron chi connectivity index (χ0n) is 14.0. The van der Waals surface area contributed by atoms with Crippen molar-refractivity contribution in [3.05, 3.63) is 77.3 Å². The number of rotatable bonds is 2. The number of aromatic nitrogens is 2. The van der Waals surface area contributed by atoms with Crippen molar-refractivity contribution in [2.75, 3.05) is 0 Å². The van der Waals surface area contributed by atoms with E-state index in [0.29, 0.717) is 16.3 Å². The Kier molecular flexibility index (Phi) is 5.01. The number of halogens is 2. The molecule has 3 nitrogen and oxygen atoms in total. The number of aryl methyl sites for hydroxylation is 1. The van der Waals surface area contributed by atoms with Crippen molar-refractivity contribution >= 4 is 22.5 Å². The van der Waals surface area contributed by atoms with Crippen LogP contribution < -0.4 is 0 Å². The molecule has 1 N–H and O–H groups in total. The molecule has 0 bridgehead atoms. The summed E-state index contributed by atoms with van der Waals surface area (Å²) in [6.45, 7) is 5.56. The van der Waals surface area contributed by atoms with E-state index >= 15 is 0 Å². The maximum absolute atomic E-state index is 14.1. The fourth-order valence-corrected chi connectivity index (χ4v) is 3.22. The lowest BCUT2D eigenvalue weighted by Crippen LogP contribution is -1.85. The van der Waals surface area contributed by atoms with Gasteiger partial charge in [-0.15, -0.1) is 0 Å². The molecule has 2 aromatic heterocycles. The van der Waals surface area contributed by atoms with Gasteiger partial charge < -0.3 is 4.98 Å². The van der Waals surface area contributed by atoms with Crippen molar-refractivity contribution in [1.29, 1.82) is 5.26 Å². The van der Waals surface area contributed by atoms with Crippen LogP contribution in [0.1, 0.15) is 5.56 Å². The molecule has 26 heavy (non-hydrogen) atoms. The SMILES string of the molecule is C#N.Cc1ccncc1-c1ccc2[nH]c(-c3c(F)cccc3Cl)cc2c1. The van der Waals surface area contributed by atoms with E-state index in [1.165, 1.54) is 6.07 Å². The highest BCUT2D eigenvalue weighted by atomic mass is 35.5. The van der Waals surface area contributed by atoms with Crippen LogP contribution in [0.5, 0.6) is 0 Å². The van der Waals surface area contributed by atoms with E-state index in [4.69, 9.17) is 16.9 Å². The third-order valence-corrected chi connectivity index (χ3v) is 4.52. The van der Waals surface area contributed by atoms with Crippen LogP contribution in [0.25, 0.3) is 33.3 Å². The fourth-order valence-electron chi connectivity index (χ4n) is 2.96. The first-order valence-electron chi connectivity index (χ1n) is 7.87. The minimum absolute atomic E-state index is 0.336. The van der Waals surface area contributed by atoms with Crippen LogP contribution in [-0.4, -0.2) is 9.97 Å². The zero-order valence-corrected chi connectivity index (χ0v) is 14.8. The van der Waals surface area contributed by atoms with E-state index < -0.39 is 0 Å². The summed E-state index contributed by atoms with van der Waals surface area (Å²) in [4.78, 5) is 7.45. The zero-order chi connectivity index (χ0) is 18.7. The molecule has 0 fully saturated rings. The van der Waals surface area contributed by atoms with Gasteiger partial charge in [-0.1, -0.05) is 23.7 Å². The molecule has 0 aliphatic rings. The van der Waals surface area contributed by atoms with Gasteiger partial charge in [-0.3, -0.25) is 4.98 Å². The van der Waals surface area contributed by atoms with Crippen LogP contribution in [0.3, 0.4) is 0 Å². The Hall–Kier alpha value is -3.16. The Labute approximate surface area is 155 Å². The van der Waals surface area contributed by atoms with Crippen molar-refractivity contribution < 1.29 is 4.39 Å². The Morgan fingerprint density at radius 1 is 1.12 bits per heavy atom. The summed E-state index contributed by atoms with van der Waals surface area (Å²) in [5, 5.41) is 7.90. The summed E-state index contributed by atoms with van der Waals surface area (Å²) >= 11 is 6.17. The van der Waals surface area contributed by atoms with Crippen molar-refractivity contribution in [3.63, 3.8) is 0 Å². The van der Waals surface area contributed by atoms with Gasteiger partial charge in [0.25, 0.3) is 0 Å². The summed E-state index contributed by atoms with van der Waals surface area (Å²) < 4.78 is 14.1. The van der Waals surface area contributed by atoms with Crippen LogP contribution in [0.2, 0.25) is 5.02 Å². The molecule has 4 aromatic rings. The highest BCUT2D eigenvalue weighted by Gasteiger charge is 2.13. The van der Waals surface area contributed by atoms with Crippen LogP contribution in [-0.2, 0) is 0 Å². The van der Waals surface area contributed by atoms with Gasteiger partial charge in [-0.25, -0.2) is 9.65 Å². The molecule has 2 heterocycles. The predicted molar refractivity (Wildman–Crippen MR) is 103 cm³/mol. The standard InChI is InChI=1S/C20H14ClFN2.CHN/c1-12-7-8-23-11-15(12)13-5-6-18-14(9-13)10-19(24-18)20-16(21)3-2-4-17(20)22;1-2/h2-11,24H,1H3;1H. The molecule has 4 rings (SSSR count). The van der Waals surface area contributed by atoms with E-state index in [1.807, 2.05) is 30.5 Å². The number of nitrogens with one attached hydrogen (secondary N) is 1. The van der Waals surface area contributed by atoms with Crippen molar-refractivity contribution in [3.8, 4) is 29.0 Å². The van der Waals surface area contributed by atoms with Crippen LogP contribution in [0, 0.1) is 24.6 Å². The van der Waals surface area contributed by atoms with Gasteiger partial charge in [0.2, 0.25) is 0 Å². The molecule has 0 saturated carbocycles. The third kappa shape index (κ3) is 3.17. The van der Waals surface area contributed by atoms with Gasteiger partial charge in [0.05, 0.1) is 16.3 Å². The second kappa shape index (κ2) is 7.38. The summed E-state index contributed by atoms with van der Waals surface area (Å²) in [7, 11) is 0. The van der Waals surface area contributed by atoms with Gasteiger partial charge >= 0.3 is 0 Å². The number of hydrogen-bond donors (Lipinski definition) is 1. The summed E-state index contributed by atoms with van der Waals surface area (Å²) in [6.07, 6.45) is 3.64. The Bertz CT molecular complexity index is 1080. The number of H-pyrrole nitrogens is 1. The quantitative estimate of drug-likeness (QED) is 0.465. The molecule has 0 amide bonds. The lowest BCUT2D eigenvalue weighted by Gasteiger charge is -2.04. The molecule has 0 aliphatic heterocycles. The van der Waals surface area contributed by atoms with Crippen LogP contribution >= 0.6 is 11.6 Å². The van der Waals surface area contributed by atoms with Gasteiger partial charge in [0.15, 0.2) is 0 Å². The minimum atomic E-state index is -0.336. The van der Waals surface area contributed by atoms with Crippen LogP contribution in [0.15, 0.2) is 60.9 Å². The number of pyridine rings is 1. The Morgan fingerprint density at radius 3 is 2.65 bits per heavy atom. The maximum atomic E-state index is 14.1. The summed E-state index contributed by atoms with van der Waals surface area (Å²) in [5.41, 5.74) is 5.35. The average Bonchev–Trinajstić information content (AvgIpc) is 3.06. The third-order valence-electron chi connectivity index (χ3n) is 4.20. The molecule has 0 saturated heterocycles. The number of hydrogen-bond acceptors (Lipinski definition) is 2. The molecule has 2 aromatic carbocycles. The number of nitriles is 1. The fraction of sp³-hybridized carbons (Fsp3) is 0.0476. The van der Waals surface area contributed by atoms with Gasteiger partial charge in [0, 0.05) is 35.4 Å². The van der Waals surface area contributed by atoms with Crippen LogP contribution in [0.4, 0.5) is 4.39 Å². The highest BCUT2D eigenvalue weighted by molar-refractivity contribution is 6.33. The lowest BCUT2D eigenvalue weighted by molar-refractivity contribution is 0.631. The number of fused-ring (bicyclic) bond motifs is 1. The largest absolute Gasteiger partial charge is 0.354 e. The first kappa shape index (κ1) is 17.7. The topological polar surface area (TPSA) is 52.5 Å². The second-order valence-electron chi connectivity index (χ2n) is 5.77. The van der Waals surface area contributed by atoms with Gasteiger partial charge in [-0.2, -0.15) is 0 Å². The van der Waals surface area contributed by atoms with E-state index in [-0.39, 0.29) is 5.82 Å². The van der Waals surface area contributed by atoms with Crippen molar-refractivity contribution in [1.82, 2.24) is 9.97 Å². The predicted octanol–water partition coefficient (Wildman–Crippen LogP) is 6.14. The van der Waals surface area contributed by atoms with E-state index in [9.17, 15) is 4.39 Å². The number of nitrogens with zero attached hydrogens (tertiary/aromatic N) is 2. The molecule has 0 atom stereocenters. The molecule has 0 unspecified atom stereocenters. The molecular weight excluding hydrogens is 349 g/mol. The van der Waals surface area contributed by atoms with Crippen molar-refractivity contribution in [2.24, 2.45) is 0 Å². The van der Waals surface area contributed by atoms with Gasteiger partial charge in [0.1, 0.15) is 5.82 Å². The van der Waals surface area contributed by atoms with E-state index in [1.54, 1.807) is 18.3 Å². The normalized spacial score (nSPS) is 10.3. The summed E-state index contributed by atoms with van der Waals surface area (Å²) in [5.74, 6) is -0.336.